The lowest BCUT2D eigenvalue weighted by Crippen LogP contribution is -2.26. The lowest BCUT2D eigenvalue weighted by Gasteiger charge is -2.18. The Morgan fingerprint density at radius 1 is 1.35 bits per heavy atom. The highest BCUT2D eigenvalue weighted by atomic mass is 35.5. The molecule has 1 fully saturated rings. The van der Waals surface area contributed by atoms with E-state index in [2.05, 4.69) is 24.4 Å². The maximum absolute atomic E-state index is 6.28. The van der Waals surface area contributed by atoms with Gasteiger partial charge in [0.05, 0.1) is 0 Å². The zero-order valence-electron chi connectivity index (χ0n) is 12.4. The first-order chi connectivity index (χ1) is 9.79. The molecule has 1 N–H and O–H groups in total. The van der Waals surface area contributed by atoms with Gasteiger partial charge in [-0.1, -0.05) is 29.8 Å². The fourth-order valence-corrected chi connectivity index (χ4v) is 2.70. The summed E-state index contributed by atoms with van der Waals surface area (Å²) in [5, 5.41) is 4.55. The molecule has 0 amide bonds. The van der Waals surface area contributed by atoms with Crippen molar-refractivity contribution < 1.29 is 4.74 Å². The summed E-state index contributed by atoms with van der Waals surface area (Å²) in [6.07, 6.45) is 6.08. The number of hydrogen-bond acceptors (Lipinski definition) is 2. The van der Waals surface area contributed by atoms with Gasteiger partial charge in [0.15, 0.2) is 0 Å². The molecule has 0 bridgehead atoms. The fourth-order valence-electron chi connectivity index (χ4n) is 2.49. The molecule has 0 aliphatic heterocycles. The number of nitrogens with one attached hydrogen (secondary N) is 1. The molecular formula is C17H26ClNO. The molecule has 0 saturated heterocycles. The molecular weight excluding hydrogens is 270 g/mol. The second-order valence-electron chi connectivity index (χ2n) is 5.68. The van der Waals surface area contributed by atoms with Gasteiger partial charge in [0.2, 0.25) is 0 Å². The Balaban J connectivity index is 1.81. The van der Waals surface area contributed by atoms with Gasteiger partial charge >= 0.3 is 0 Å². The highest BCUT2D eigenvalue weighted by Crippen LogP contribution is 2.23. The quantitative estimate of drug-likeness (QED) is 0.657. The van der Waals surface area contributed by atoms with Gasteiger partial charge in [0, 0.05) is 24.3 Å². The molecule has 0 aromatic heterocycles. The van der Waals surface area contributed by atoms with Crippen molar-refractivity contribution in [3.8, 4) is 0 Å². The van der Waals surface area contributed by atoms with Gasteiger partial charge < -0.3 is 10.1 Å². The second-order valence-corrected chi connectivity index (χ2v) is 6.09. The summed E-state index contributed by atoms with van der Waals surface area (Å²) >= 11 is 6.28. The third-order valence-corrected chi connectivity index (χ3v) is 4.21. The molecule has 1 aliphatic rings. The van der Waals surface area contributed by atoms with Crippen molar-refractivity contribution in [3.05, 3.63) is 34.9 Å². The summed E-state index contributed by atoms with van der Waals surface area (Å²) in [5.41, 5.74) is 1.27. The van der Waals surface area contributed by atoms with E-state index >= 15 is 0 Å². The summed E-state index contributed by atoms with van der Waals surface area (Å²) < 4.78 is 5.45. The maximum atomic E-state index is 6.28. The van der Waals surface area contributed by atoms with Gasteiger partial charge in [-0.3, -0.25) is 0 Å². The lowest BCUT2D eigenvalue weighted by molar-refractivity contribution is 0.139. The first kappa shape index (κ1) is 15.8. The van der Waals surface area contributed by atoms with Crippen molar-refractivity contribution in [1.29, 1.82) is 0 Å². The SMILES string of the molecule is CCOCCCC(CNC1CC1)Cc1ccccc1Cl. The van der Waals surface area contributed by atoms with E-state index in [1.54, 1.807) is 0 Å². The molecule has 1 aromatic carbocycles. The Labute approximate surface area is 127 Å². The standard InChI is InChI=1S/C17H26ClNO/c1-2-20-11-5-6-14(13-19-16-9-10-16)12-15-7-3-4-8-17(15)18/h3-4,7-8,14,16,19H,2,5-6,9-13H2,1H3. The topological polar surface area (TPSA) is 21.3 Å². The van der Waals surface area contributed by atoms with Gasteiger partial charge in [-0.15, -0.1) is 0 Å². The Morgan fingerprint density at radius 3 is 2.85 bits per heavy atom. The number of rotatable bonds is 10. The average Bonchev–Trinajstić information content (AvgIpc) is 3.27. The summed E-state index contributed by atoms with van der Waals surface area (Å²) in [6.45, 7) is 4.84. The van der Waals surface area contributed by atoms with Crippen LogP contribution in [0, 0.1) is 5.92 Å². The Morgan fingerprint density at radius 2 is 2.15 bits per heavy atom. The van der Waals surface area contributed by atoms with Crippen LogP contribution in [0.4, 0.5) is 0 Å². The summed E-state index contributed by atoms with van der Waals surface area (Å²) in [4.78, 5) is 0. The molecule has 112 valence electrons. The van der Waals surface area contributed by atoms with Crippen molar-refractivity contribution in [2.45, 2.75) is 45.1 Å². The van der Waals surface area contributed by atoms with Gasteiger partial charge in [-0.25, -0.2) is 0 Å². The maximum Gasteiger partial charge on any atom is 0.0466 e. The molecule has 3 heteroatoms. The Bertz CT molecular complexity index is 392. The molecule has 1 aliphatic carbocycles. The number of ether oxygens (including phenoxy) is 1. The van der Waals surface area contributed by atoms with Crippen LogP contribution in [0.3, 0.4) is 0 Å². The van der Waals surface area contributed by atoms with Crippen molar-refractivity contribution in [2.24, 2.45) is 5.92 Å². The predicted molar refractivity (Wildman–Crippen MR) is 85.4 cm³/mol. The Kier molecular flexibility index (Phi) is 6.85. The highest BCUT2D eigenvalue weighted by molar-refractivity contribution is 6.31. The normalized spacial score (nSPS) is 16.3. The number of hydrogen-bond donors (Lipinski definition) is 1. The van der Waals surface area contributed by atoms with Gasteiger partial charge in [0.1, 0.15) is 0 Å². The molecule has 2 rings (SSSR count). The van der Waals surface area contributed by atoms with E-state index in [1.165, 1.54) is 24.8 Å². The Hall–Kier alpha value is -0.570. The largest absolute Gasteiger partial charge is 0.382 e. The third-order valence-electron chi connectivity index (χ3n) is 3.84. The zero-order valence-corrected chi connectivity index (χ0v) is 13.2. The third kappa shape index (κ3) is 5.82. The summed E-state index contributed by atoms with van der Waals surface area (Å²) in [6, 6.07) is 8.98. The van der Waals surface area contributed by atoms with E-state index in [9.17, 15) is 0 Å². The first-order valence-electron chi connectivity index (χ1n) is 7.84. The summed E-state index contributed by atoms with van der Waals surface area (Å²) in [7, 11) is 0. The molecule has 20 heavy (non-hydrogen) atoms. The monoisotopic (exact) mass is 295 g/mol. The molecule has 2 nitrogen and oxygen atoms in total. The smallest absolute Gasteiger partial charge is 0.0466 e. The van der Waals surface area contributed by atoms with Gasteiger partial charge in [0.25, 0.3) is 0 Å². The van der Waals surface area contributed by atoms with Crippen LogP contribution in [-0.2, 0) is 11.2 Å². The van der Waals surface area contributed by atoms with Crippen LogP contribution < -0.4 is 5.32 Å². The van der Waals surface area contributed by atoms with Crippen LogP contribution in [-0.4, -0.2) is 25.8 Å². The summed E-state index contributed by atoms with van der Waals surface area (Å²) in [5.74, 6) is 0.649. The molecule has 1 atom stereocenters. The van der Waals surface area contributed by atoms with Gasteiger partial charge in [-0.2, -0.15) is 0 Å². The first-order valence-corrected chi connectivity index (χ1v) is 8.22. The van der Waals surface area contributed by atoms with Crippen LogP contribution in [0.1, 0.15) is 38.2 Å². The second kappa shape index (κ2) is 8.66. The minimum atomic E-state index is 0.649. The molecule has 1 aromatic rings. The van der Waals surface area contributed by atoms with Crippen molar-refractivity contribution in [2.75, 3.05) is 19.8 Å². The predicted octanol–water partition coefficient (Wildman–Crippen LogP) is 4.07. The number of halogens is 1. The van der Waals surface area contributed by atoms with E-state index in [-0.39, 0.29) is 0 Å². The average molecular weight is 296 g/mol. The molecule has 1 unspecified atom stereocenters. The minimum absolute atomic E-state index is 0.649. The van der Waals surface area contributed by atoms with E-state index < -0.39 is 0 Å². The molecule has 0 radical (unpaired) electrons. The van der Waals surface area contributed by atoms with Crippen LogP contribution in [0.2, 0.25) is 5.02 Å². The van der Waals surface area contributed by atoms with Crippen LogP contribution >= 0.6 is 11.6 Å². The molecule has 0 spiro atoms. The molecule has 0 heterocycles. The van der Waals surface area contributed by atoms with Crippen LogP contribution in [0.15, 0.2) is 24.3 Å². The zero-order chi connectivity index (χ0) is 14.2. The van der Waals surface area contributed by atoms with Crippen molar-refractivity contribution in [1.82, 2.24) is 5.32 Å². The van der Waals surface area contributed by atoms with Gasteiger partial charge in [-0.05, 0) is 63.1 Å². The fraction of sp³-hybridized carbons (Fsp3) is 0.647. The minimum Gasteiger partial charge on any atom is -0.382 e. The van der Waals surface area contributed by atoms with E-state index in [0.29, 0.717) is 5.92 Å². The number of benzene rings is 1. The van der Waals surface area contributed by atoms with Crippen molar-refractivity contribution in [3.63, 3.8) is 0 Å². The lowest BCUT2D eigenvalue weighted by atomic mass is 9.94. The molecule has 1 saturated carbocycles. The van der Waals surface area contributed by atoms with E-state index in [4.69, 9.17) is 16.3 Å². The van der Waals surface area contributed by atoms with E-state index in [1.807, 2.05) is 12.1 Å². The van der Waals surface area contributed by atoms with E-state index in [0.717, 1.165) is 43.7 Å². The van der Waals surface area contributed by atoms with Crippen LogP contribution in [0.5, 0.6) is 0 Å². The van der Waals surface area contributed by atoms with Crippen LogP contribution in [0.25, 0.3) is 0 Å². The van der Waals surface area contributed by atoms with Crippen molar-refractivity contribution >= 4 is 11.6 Å². The highest BCUT2D eigenvalue weighted by Gasteiger charge is 2.22.